The van der Waals surface area contributed by atoms with E-state index in [1.165, 1.54) is 0 Å². The van der Waals surface area contributed by atoms with Crippen molar-refractivity contribution in [2.24, 2.45) is 0 Å². The first-order chi connectivity index (χ1) is 34.2. The normalized spacial score (nSPS) is 16.9. The topological polar surface area (TPSA) is 497 Å². The van der Waals surface area contributed by atoms with Crippen LogP contribution in [0.1, 0.15) is 111 Å². The molecule has 16 atom stereocenters. The van der Waals surface area contributed by atoms with Crippen LogP contribution in [0.15, 0.2) is 0 Å². The average Bonchev–Trinajstić information content (AvgIpc) is 3.16. The molecule has 0 amide bonds. The van der Waals surface area contributed by atoms with Gasteiger partial charge in [-0.15, -0.1) is 0 Å². The second-order valence-corrected chi connectivity index (χ2v) is 19.0. The van der Waals surface area contributed by atoms with E-state index in [0.717, 1.165) is 27.7 Å². The summed E-state index contributed by atoms with van der Waals surface area (Å²) in [4.78, 5) is 44.7. The van der Waals surface area contributed by atoms with Crippen LogP contribution in [0.2, 0.25) is 0 Å². The van der Waals surface area contributed by atoms with Crippen molar-refractivity contribution < 1.29 is 148 Å². The van der Waals surface area contributed by atoms with E-state index in [1.54, 1.807) is 83.1 Å². The number of carbonyl (C=O) groups excluding carboxylic acids is 4. The summed E-state index contributed by atoms with van der Waals surface area (Å²) in [5.41, 5.74) is 0. The predicted molar refractivity (Wildman–Crippen MR) is 273 cm³/mol. The SMILES string of the molecule is CC(O)C(=O)[O-].CC(O)C(=O)[O-].CC(O)C(=O)[O-].CC(O)C(=O)[O-].CC(O)CN(CC(C)O)CC(C)O.CC(O)CN(CC(C)O)CC(C)O.CC(O)CN(CC(C)O)CC(C)O.CC(O)CN(CC(C)O)CC(C)O.[Zr+4]. The zero-order valence-electron chi connectivity index (χ0n) is 48.4. The van der Waals surface area contributed by atoms with E-state index in [9.17, 15) is 39.6 Å². The van der Waals surface area contributed by atoms with Gasteiger partial charge < -0.3 is 121 Å². The third-order valence-electron chi connectivity index (χ3n) is 7.63. The Hall–Kier alpha value is -2.04. The molecular formula is C48H104N4O24Zr. The van der Waals surface area contributed by atoms with Gasteiger partial charge in [0.2, 0.25) is 0 Å². The van der Waals surface area contributed by atoms with Crippen LogP contribution in [0, 0.1) is 0 Å². The number of nitrogens with zero attached hydrogens (tertiary/aromatic N) is 4. The van der Waals surface area contributed by atoms with Gasteiger partial charge in [-0.1, -0.05) is 0 Å². The molecule has 0 aromatic rings. The van der Waals surface area contributed by atoms with Gasteiger partial charge in [0, 0.05) is 78.5 Å². The molecule has 0 radical (unpaired) electrons. The third-order valence-corrected chi connectivity index (χ3v) is 7.63. The number of rotatable bonds is 28. The standard InChI is InChI=1S/4C9H21NO3.4C3H6O3.Zr/c4*1-7(11)4-10(5-8(2)12)6-9(3)13;4*1-2(4)3(5)6;/h4*7-9,11-13H,4-6H2,1-3H3;4*2,4H,1H3,(H,5,6);/q;;;;;;;;+4/p-4. The van der Waals surface area contributed by atoms with Gasteiger partial charge in [-0.3, -0.25) is 19.6 Å². The molecule has 16 unspecified atom stereocenters. The minimum atomic E-state index is -1.44. The Morgan fingerprint density at radius 2 is 0.286 bits per heavy atom. The van der Waals surface area contributed by atoms with Crippen LogP contribution in [0.5, 0.6) is 0 Å². The number of carboxylic acids is 4. The van der Waals surface area contributed by atoms with Gasteiger partial charge in [-0.2, -0.15) is 0 Å². The maximum atomic E-state index is 9.34. The van der Waals surface area contributed by atoms with Gasteiger partial charge in [0.05, 0.1) is 122 Å². The maximum absolute atomic E-state index is 9.34. The van der Waals surface area contributed by atoms with E-state index in [-0.39, 0.29) is 26.2 Å². The van der Waals surface area contributed by atoms with Crippen molar-refractivity contribution in [1.29, 1.82) is 0 Å². The molecule has 0 fully saturated rings. The summed E-state index contributed by atoms with van der Waals surface area (Å²) in [5, 5.41) is 179. The van der Waals surface area contributed by atoms with Crippen molar-refractivity contribution in [3.05, 3.63) is 0 Å². The summed E-state index contributed by atoms with van der Waals surface area (Å²) in [5.74, 6) is -5.74. The van der Waals surface area contributed by atoms with Gasteiger partial charge in [0.15, 0.2) is 0 Å². The van der Waals surface area contributed by atoms with Crippen molar-refractivity contribution in [3.8, 4) is 0 Å². The molecule has 0 saturated heterocycles. The van der Waals surface area contributed by atoms with Gasteiger partial charge in [-0.25, -0.2) is 0 Å². The molecule has 0 aromatic heterocycles. The molecule has 0 spiro atoms. The fourth-order valence-corrected chi connectivity index (χ4v) is 5.38. The van der Waals surface area contributed by atoms with E-state index in [2.05, 4.69) is 0 Å². The molecular weight excluding hydrogens is 1110 g/mol. The number of hydrogen-bond acceptors (Lipinski definition) is 28. The van der Waals surface area contributed by atoms with Gasteiger partial charge >= 0.3 is 26.2 Å². The molecule has 0 rings (SSSR count). The predicted octanol–water partition coefficient (Wildman–Crippen LogP) is -9.81. The molecule has 0 aliphatic carbocycles. The van der Waals surface area contributed by atoms with Crippen molar-refractivity contribution in [2.75, 3.05) is 78.5 Å². The molecule has 28 nitrogen and oxygen atoms in total. The van der Waals surface area contributed by atoms with Crippen molar-refractivity contribution >= 4 is 23.9 Å². The van der Waals surface area contributed by atoms with E-state index in [1.807, 2.05) is 19.6 Å². The van der Waals surface area contributed by atoms with Gasteiger partial charge in [-0.05, 0) is 111 Å². The van der Waals surface area contributed by atoms with Gasteiger partial charge in [0.1, 0.15) is 0 Å². The Balaban J connectivity index is -0.000000100. The molecule has 0 aliphatic heterocycles. The Morgan fingerprint density at radius 3 is 0.312 bits per heavy atom. The Kier molecular flexibility index (Phi) is 71.7. The molecule has 16 N–H and O–H groups in total. The van der Waals surface area contributed by atoms with E-state index >= 15 is 0 Å². The Morgan fingerprint density at radius 1 is 0.234 bits per heavy atom. The summed E-state index contributed by atoms with van der Waals surface area (Å²) in [7, 11) is 0. The zero-order chi connectivity index (χ0) is 62.3. The number of carbonyl (C=O) groups is 4. The molecule has 0 aliphatic rings. The Labute approximate surface area is 476 Å². The summed E-state index contributed by atoms with van der Waals surface area (Å²) < 4.78 is 0. The quantitative estimate of drug-likeness (QED) is 0.0346. The molecule has 29 heteroatoms. The van der Waals surface area contributed by atoms with E-state index in [0.29, 0.717) is 78.5 Å². The molecule has 0 heterocycles. The first-order valence-electron chi connectivity index (χ1n) is 24.9. The largest absolute Gasteiger partial charge is 4.00 e. The number of hydrogen-bond donors (Lipinski definition) is 16. The van der Waals surface area contributed by atoms with Crippen LogP contribution in [-0.4, -0.2) is 301 Å². The van der Waals surface area contributed by atoms with Crippen molar-refractivity contribution in [1.82, 2.24) is 19.6 Å². The maximum Gasteiger partial charge on any atom is 4.00 e. The van der Waals surface area contributed by atoms with Crippen LogP contribution in [0.4, 0.5) is 0 Å². The molecule has 0 aromatic carbocycles. The molecule has 77 heavy (non-hydrogen) atoms. The summed E-state index contributed by atoms with van der Waals surface area (Å²) in [6.45, 7) is 30.6. The first-order valence-corrected chi connectivity index (χ1v) is 24.9. The molecule has 0 bridgehead atoms. The van der Waals surface area contributed by atoms with Crippen LogP contribution in [-0.2, 0) is 45.4 Å². The van der Waals surface area contributed by atoms with E-state index in [4.69, 9.17) is 81.7 Å². The summed E-state index contributed by atoms with van der Waals surface area (Å²) >= 11 is 0. The number of aliphatic carboxylic acids is 4. The van der Waals surface area contributed by atoms with Crippen LogP contribution >= 0.6 is 0 Å². The zero-order valence-corrected chi connectivity index (χ0v) is 50.9. The fourth-order valence-electron chi connectivity index (χ4n) is 5.38. The van der Waals surface area contributed by atoms with Crippen molar-refractivity contribution in [3.63, 3.8) is 0 Å². The second-order valence-electron chi connectivity index (χ2n) is 19.0. The van der Waals surface area contributed by atoms with E-state index < -0.39 is 122 Å². The van der Waals surface area contributed by atoms with Crippen LogP contribution in [0.3, 0.4) is 0 Å². The fraction of sp³-hybridized carbons (Fsp3) is 0.917. The summed E-state index contributed by atoms with van der Waals surface area (Å²) in [6, 6.07) is 0. The average molecular weight is 1210 g/mol. The Bertz CT molecular complexity index is 1030. The number of carboxylic acid groups (broad SMARTS) is 4. The molecule has 464 valence electrons. The smallest absolute Gasteiger partial charge is 0.547 e. The summed E-state index contributed by atoms with van der Waals surface area (Å²) in [6.07, 6.45) is -10.6. The first kappa shape index (κ1) is 94.2. The van der Waals surface area contributed by atoms with Crippen LogP contribution in [0.25, 0.3) is 0 Å². The minimum Gasteiger partial charge on any atom is -0.547 e. The van der Waals surface area contributed by atoms with Gasteiger partial charge in [0.25, 0.3) is 0 Å². The van der Waals surface area contributed by atoms with Crippen molar-refractivity contribution in [2.45, 2.75) is 208 Å². The number of aliphatic hydroxyl groups excluding tert-OH is 16. The van der Waals surface area contributed by atoms with Crippen LogP contribution < -0.4 is 20.4 Å². The minimum absolute atomic E-state index is 0. The second kappa shape index (κ2) is 58.6. The molecule has 0 saturated carbocycles. The third kappa shape index (κ3) is 99.8. The monoisotopic (exact) mass is 1210 g/mol. The number of aliphatic hydroxyl groups is 16.